The summed E-state index contributed by atoms with van der Waals surface area (Å²) in [5, 5.41) is 11.3. The Morgan fingerprint density at radius 3 is 2.40 bits per heavy atom. The molecule has 4 rings (SSSR count). The predicted octanol–water partition coefficient (Wildman–Crippen LogP) is 2.55. The third-order valence-corrected chi connectivity index (χ3v) is 9.19. The second-order valence-corrected chi connectivity index (χ2v) is 12.7. The zero-order valence-electron chi connectivity index (χ0n) is 25.8. The Morgan fingerprint density at radius 1 is 1.05 bits per heavy atom. The van der Waals surface area contributed by atoms with E-state index in [0.29, 0.717) is 45.4 Å². The van der Waals surface area contributed by atoms with Crippen molar-refractivity contribution in [2.45, 2.75) is 107 Å². The van der Waals surface area contributed by atoms with Crippen molar-refractivity contribution in [3.8, 4) is 0 Å². The first-order valence-corrected chi connectivity index (χ1v) is 15.3. The van der Waals surface area contributed by atoms with Crippen molar-refractivity contribution < 1.29 is 38.1 Å². The molecule has 2 saturated heterocycles. The molecule has 4 fully saturated rings. The van der Waals surface area contributed by atoms with Crippen LogP contribution in [0.1, 0.15) is 72.1 Å². The Labute approximate surface area is 249 Å². The van der Waals surface area contributed by atoms with E-state index in [4.69, 9.17) is 23.7 Å². The number of carbonyl (C=O) groups is 3. The molecule has 0 bridgehead atoms. The van der Waals surface area contributed by atoms with E-state index in [1.807, 2.05) is 0 Å². The van der Waals surface area contributed by atoms with E-state index in [-0.39, 0.29) is 42.8 Å². The number of hydrogen-bond donors (Lipinski definition) is 4. The van der Waals surface area contributed by atoms with Gasteiger partial charge in [-0.25, -0.2) is 9.59 Å². The summed E-state index contributed by atoms with van der Waals surface area (Å²) < 4.78 is 29.8. The van der Waals surface area contributed by atoms with Gasteiger partial charge in [-0.2, -0.15) is 0 Å². The van der Waals surface area contributed by atoms with E-state index in [0.717, 1.165) is 25.7 Å². The molecule has 2 aliphatic carbocycles. The number of carbonyl (C=O) groups excluding carboxylic acids is 3. The molecule has 0 aromatic carbocycles. The van der Waals surface area contributed by atoms with Crippen molar-refractivity contribution in [2.24, 2.45) is 5.92 Å². The second kappa shape index (κ2) is 13.9. The molecule has 2 heterocycles. The van der Waals surface area contributed by atoms with Crippen LogP contribution < -0.4 is 21.3 Å². The summed E-state index contributed by atoms with van der Waals surface area (Å²) in [6, 6.07) is 0. The quantitative estimate of drug-likeness (QED) is 0.135. The SMILES string of the molecule is CNCC(=O)NCCCNC(=O)OCC1(NC(=O)OC2CC[C@]3(CO3)C([C@@]3(C)O[C@@H]3CC=C(C)C)C2OC)CCCC1. The molecule has 2 aliphatic heterocycles. The van der Waals surface area contributed by atoms with Gasteiger partial charge in [-0.15, -0.1) is 0 Å². The Hall–Kier alpha value is -2.41. The number of epoxide rings is 2. The molecule has 0 radical (unpaired) electrons. The lowest BCUT2D eigenvalue weighted by atomic mass is 9.68. The summed E-state index contributed by atoms with van der Waals surface area (Å²) in [6.45, 7) is 8.08. The molecule has 3 amide bonds. The molecule has 2 saturated carbocycles. The fourth-order valence-electron chi connectivity index (χ4n) is 6.80. The van der Waals surface area contributed by atoms with Crippen LogP contribution in [-0.4, -0.2) is 100 Å². The zero-order valence-corrected chi connectivity index (χ0v) is 25.8. The number of amides is 3. The topological polar surface area (TPSA) is 152 Å². The lowest BCUT2D eigenvalue weighted by Gasteiger charge is -2.43. The van der Waals surface area contributed by atoms with E-state index in [1.165, 1.54) is 5.57 Å². The summed E-state index contributed by atoms with van der Waals surface area (Å²) in [5.41, 5.74) is -0.123. The molecule has 6 atom stereocenters. The average Bonchev–Trinajstić information content (AvgIpc) is 3.81. The minimum absolute atomic E-state index is 0.0544. The van der Waals surface area contributed by atoms with Crippen LogP contribution in [0.25, 0.3) is 0 Å². The minimum Gasteiger partial charge on any atom is -0.447 e. The fourth-order valence-corrected chi connectivity index (χ4v) is 6.80. The Morgan fingerprint density at radius 2 is 1.76 bits per heavy atom. The summed E-state index contributed by atoms with van der Waals surface area (Å²) >= 11 is 0. The van der Waals surface area contributed by atoms with Crippen molar-refractivity contribution in [3.05, 3.63) is 11.6 Å². The van der Waals surface area contributed by atoms with Crippen LogP contribution >= 0.6 is 0 Å². The predicted molar refractivity (Wildman–Crippen MR) is 155 cm³/mol. The molecular weight excluding hydrogens is 544 g/mol. The third-order valence-electron chi connectivity index (χ3n) is 9.19. The van der Waals surface area contributed by atoms with Crippen molar-refractivity contribution in [2.75, 3.05) is 47.0 Å². The molecule has 12 heteroatoms. The maximum absolute atomic E-state index is 13.3. The average molecular weight is 595 g/mol. The van der Waals surface area contributed by atoms with Crippen molar-refractivity contribution in [3.63, 3.8) is 0 Å². The molecule has 12 nitrogen and oxygen atoms in total. The van der Waals surface area contributed by atoms with E-state index in [2.05, 4.69) is 48.1 Å². The highest BCUT2D eigenvalue weighted by molar-refractivity contribution is 5.77. The number of ether oxygens (including phenoxy) is 5. The van der Waals surface area contributed by atoms with Crippen LogP contribution in [-0.2, 0) is 28.5 Å². The lowest BCUT2D eigenvalue weighted by molar-refractivity contribution is -0.120. The summed E-state index contributed by atoms with van der Waals surface area (Å²) in [5.74, 6) is -0.151. The Kier molecular flexibility index (Phi) is 10.8. The molecule has 1 spiro atoms. The maximum atomic E-state index is 13.3. The molecule has 0 aromatic rings. The summed E-state index contributed by atoms with van der Waals surface area (Å²) in [4.78, 5) is 37.1. The van der Waals surface area contributed by atoms with Gasteiger partial charge < -0.3 is 45.0 Å². The standard InChI is InChI=1S/C30H50N4O8/c1-20(2)9-10-22-28(3,42-22)25-24(38-5)21(11-14-30(25)19-40-30)41-27(37)34-29(12-6-7-13-29)18-39-26(36)33-16-8-15-32-23(35)17-31-4/h9,21-22,24-25,31H,6-8,10-19H2,1-5H3,(H,32,35)(H,33,36)(H,34,37)/t21?,22-,24?,25?,28+,30+/m1/s1. The molecule has 4 aliphatic rings. The Bertz CT molecular complexity index is 992. The summed E-state index contributed by atoms with van der Waals surface area (Å²) in [7, 11) is 3.36. The number of alkyl carbamates (subject to hydrolysis) is 2. The highest BCUT2D eigenvalue weighted by atomic mass is 16.6. The number of nitrogens with one attached hydrogen (secondary N) is 4. The molecule has 42 heavy (non-hydrogen) atoms. The maximum Gasteiger partial charge on any atom is 0.408 e. The molecule has 4 N–H and O–H groups in total. The molecule has 3 unspecified atom stereocenters. The normalized spacial score (nSPS) is 32.5. The first kappa shape index (κ1) is 32.5. The number of allylic oxidation sites excluding steroid dienone is 1. The lowest BCUT2D eigenvalue weighted by Crippen LogP contribution is -2.57. The second-order valence-electron chi connectivity index (χ2n) is 12.7. The van der Waals surface area contributed by atoms with Gasteiger partial charge in [-0.05, 0) is 66.3 Å². The minimum atomic E-state index is -0.673. The van der Waals surface area contributed by atoms with E-state index >= 15 is 0 Å². The Balaban J connectivity index is 1.27. The van der Waals surface area contributed by atoms with Gasteiger partial charge in [0.2, 0.25) is 5.91 Å². The first-order valence-electron chi connectivity index (χ1n) is 15.3. The van der Waals surface area contributed by atoms with E-state index in [1.54, 1.807) is 14.2 Å². The van der Waals surface area contributed by atoms with Gasteiger partial charge in [0.25, 0.3) is 0 Å². The molecule has 238 valence electrons. The van der Waals surface area contributed by atoms with Gasteiger partial charge in [0.05, 0.1) is 30.7 Å². The van der Waals surface area contributed by atoms with Crippen LogP contribution in [0.15, 0.2) is 11.6 Å². The van der Waals surface area contributed by atoms with Crippen LogP contribution in [0.2, 0.25) is 0 Å². The van der Waals surface area contributed by atoms with E-state index in [9.17, 15) is 14.4 Å². The largest absolute Gasteiger partial charge is 0.447 e. The molecule has 0 aromatic heterocycles. The van der Waals surface area contributed by atoms with Gasteiger partial charge >= 0.3 is 12.2 Å². The zero-order chi connectivity index (χ0) is 30.4. The molecular formula is C30H50N4O8. The fraction of sp³-hybridized carbons (Fsp3) is 0.833. The number of rotatable bonds is 14. The van der Waals surface area contributed by atoms with Gasteiger partial charge in [0.1, 0.15) is 30.0 Å². The number of methoxy groups -OCH3 is 1. The van der Waals surface area contributed by atoms with Crippen LogP contribution in [0.4, 0.5) is 9.59 Å². The van der Waals surface area contributed by atoms with Crippen LogP contribution in [0.3, 0.4) is 0 Å². The summed E-state index contributed by atoms with van der Waals surface area (Å²) in [6.07, 6.45) is 6.44. The van der Waals surface area contributed by atoms with Gasteiger partial charge in [-0.1, -0.05) is 24.5 Å². The number of hydrogen-bond acceptors (Lipinski definition) is 9. The van der Waals surface area contributed by atoms with Crippen LogP contribution in [0.5, 0.6) is 0 Å². The highest BCUT2D eigenvalue weighted by Crippen LogP contribution is 2.59. The number of likely N-dealkylation sites (N-methyl/N-ethyl adjacent to an activating group) is 1. The van der Waals surface area contributed by atoms with Crippen molar-refractivity contribution >= 4 is 18.1 Å². The highest BCUT2D eigenvalue weighted by Gasteiger charge is 2.72. The van der Waals surface area contributed by atoms with Gasteiger partial charge in [-0.3, -0.25) is 4.79 Å². The van der Waals surface area contributed by atoms with Gasteiger partial charge in [0, 0.05) is 20.2 Å². The van der Waals surface area contributed by atoms with Crippen molar-refractivity contribution in [1.29, 1.82) is 0 Å². The van der Waals surface area contributed by atoms with Crippen LogP contribution in [0, 0.1) is 5.92 Å². The van der Waals surface area contributed by atoms with E-state index < -0.39 is 29.4 Å². The van der Waals surface area contributed by atoms with Gasteiger partial charge in [0.15, 0.2) is 0 Å². The first-order chi connectivity index (χ1) is 20.1. The van der Waals surface area contributed by atoms with Crippen molar-refractivity contribution in [1.82, 2.24) is 21.3 Å². The smallest absolute Gasteiger partial charge is 0.408 e. The third kappa shape index (κ3) is 7.94. The monoisotopic (exact) mass is 594 g/mol.